The van der Waals surface area contributed by atoms with Gasteiger partial charge < -0.3 is 5.32 Å². The lowest BCUT2D eigenvalue weighted by Crippen LogP contribution is -2.34. The van der Waals surface area contributed by atoms with Crippen LogP contribution in [0.1, 0.15) is 35.7 Å². The van der Waals surface area contributed by atoms with Crippen LogP contribution in [0.2, 0.25) is 0 Å². The number of rotatable bonds is 5. The van der Waals surface area contributed by atoms with E-state index >= 15 is 0 Å². The number of fused-ring (bicyclic) bond motifs is 1. The molecule has 0 aliphatic carbocycles. The lowest BCUT2D eigenvalue weighted by Gasteiger charge is -2.21. The zero-order chi connectivity index (χ0) is 23.1. The van der Waals surface area contributed by atoms with Crippen LogP contribution in [0.5, 0.6) is 0 Å². The predicted octanol–water partition coefficient (Wildman–Crippen LogP) is 2.12. The van der Waals surface area contributed by atoms with E-state index in [0.29, 0.717) is 42.2 Å². The molecular formula is C21H24N4O5S2. The summed E-state index contributed by atoms with van der Waals surface area (Å²) >= 11 is 0. The quantitative estimate of drug-likeness (QED) is 0.684. The highest BCUT2D eigenvalue weighted by Gasteiger charge is 2.32. The number of nitrogens with zero attached hydrogens (tertiary/aromatic N) is 2. The molecule has 2 N–H and O–H groups in total. The minimum absolute atomic E-state index is 0.0245. The smallest absolute Gasteiger partial charge is 0.262 e. The molecule has 2 aliphatic rings. The van der Waals surface area contributed by atoms with Gasteiger partial charge in [0.05, 0.1) is 16.8 Å². The van der Waals surface area contributed by atoms with Crippen molar-refractivity contribution >= 4 is 43.2 Å². The fourth-order valence-corrected chi connectivity index (χ4v) is 6.43. The summed E-state index contributed by atoms with van der Waals surface area (Å²) in [6, 6.07) is 10.6. The summed E-state index contributed by atoms with van der Waals surface area (Å²) in [5, 5.41) is 2.71. The van der Waals surface area contributed by atoms with E-state index in [4.69, 9.17) is 0 Å². The average molecular weight is 477 g/mol. The Morgan fingerprint density at radius 2 is 1.91 bits per heavy atom. The van der Waals surface area contributed by atoms with E-state index in [1.807, 2.05) is 6.92 Å². The van der Waals surface area contributed by atoms with E-state index in [1.54, 1.807) is 30.3 Å². The Bertz CT molecular complexity index is 1320. The number of anilines is 2. The second-order valence-electron chi connectivity index (χ2n) is 7.97. The molecule has 2 heterocycles. The molecule has 1 amide bonds. The van der Waals surface area contributed by atoms with Crippen molar-refractivity contribution in [2.75, 3.05) is 22.4 Å². The number of hydrogen-bond donors (Lipinski definition) is 2. The maximum absolute atomic E-state index is 12.8. The molecule has 0 aromatic heterocycles. The van der Waals surface area contributed by atoms with Crippen LogP contribution >= 0.6 is 0 Å². The fourth-order valence-electron chi connectivity index (χ4n) is 4.03. The van der Waals surface area contributed by atoms with Crippen LogP contribution in [-0.2, 0) is 26.5 Å². The van der Waals surface area contributed by atoms with Crippen LogP contribution in [0, 0.1) is 0 Å². The van der Waals surface area contributed by atoms with Crippen LogP contribution < -0.4 is 14.3 Å². The molecule has 0 spiro atoms. The molecule has 170 valence electrons. The van der Waals surface area contributed by atoms with E-state index in [9.17, 15) is 21.6 Å². The van der Waals surface area contributed by atoms with Gasteiger partial charge in [0.2, 0.25) is 10.0 Å². The minimum Gasteiger partial charge on any atom is -0.322 e. The molecule has 2 aromatic rings. The van der Waals surface area contributed by atoms with Crippen LogP contribution in [0.15, 0.2) is 52.4 Å². The maximum Gasteiger partial charge on any atom is 0.262 e. The molecule has 2 aliphatic heterocycles. The Hall–Kier alpha value is -2.92. The van der Waals surface area contributed by atoms with E-state index in [0.717, 1.165) is 18.2 Å². The molecule has 9 nitrogen and oxygen atoms in total. The van der Waals surface area contributed by atoms with Gasteiger partial charge in [0.25, 0.3) is 15.9 Å². The average Bonchev–Trinajstić information content (AvgIpc) is 3.33. The van der Waals surface area contributed by atoms with Gasteiger partial charge in [-0.2, -0.15) is 0 Å². The van der Waals surface area contributed by atoms with Gasteiger partial charge in [-0.05, 0) is 61.7 Å². The molecule has 0 fully saturated rings. The van der Waals surface area contributed by atoms with Crippen molar-refractivity contribution < 1.29 is 21.6 Å². The third kappa shape index (κ3) is 4.49. The molecule has 0 bridgehead atoms. The lowest BCUT2D eigenvalue weighted by atomic mass is 10.1. The van der Waals surface area contributed by atoms with E-state index in [1.165, 1.54) is 16.4 Å². The Balaban J connectivity index is 1.53. The number of amidine groups is 1. The Labute approximate surface area is 187 Å². The van der Waals surface area contributed by atoms with Crippen LogP contribution in [-0.4, -0.2) is 47.4 Å². The molecule has 0 saturated heterocycles. The number of carbonyl (C=O) groups excluding carboxylic acids is 1. The van der Waals surface area contributed by atoms with Gasteiger partial charge in [-0.1, -0.05) is 6.07 Å². The highest BCUT2D eigenvalue weighted by atomic mass is 32.2. The summed E-state index contributed by atoms with van der Waals surface area (Å²) < 4.78 is 53.2. The number of aliphatic imine (C=N–C) groups is 1. The molecular weight excluding hydrogens is 452 g/mol. The highest BCUT2D eigenvalue weighted by molar-refractivity contribution is 7.92. The summed E-state index contributed by atoms with van der Waals surface area (Å²) in [6.45, 7) is 2.42. The van der Waals surface area contributed by atoms with Gasteiger partial charge in [-0.3, -0.25) is 18.8 Å². The Morgan fingerprint density at radius 3 is 2.59 bits per heavy atom. The third-order valence-corrected chi connectivity index (χ3v) is 8.03. The summed E-state index contributed by atoms with van der Waals surface area (Å²) in [6.07, 6.45) is 3.07. The van der Waals surface area contributed by atoms with Crippen LogP contribution in [0.4, 0.5) is 11.4 Å². The van der Waals surface area contributed by atoms with Crippen molar-refractivity contribution in [1.29, 1.82) is 0 Å². The van der Waals surface area contributed by atoms with Crippen LogP contribution in [0.25, 0.3) is 0 Å². The number of amides is 1. The van der Waals surface area contributed by atoms with Crippen molar-refractivity contribution in [3.05, 3.63) is 53.6 Å². The largest absolute Gasteiger partial charge is 0.322 e. The van der Waals surface area contributed by atoms with Gasteiger partial charge in [0.15, 0.2) is 0 Å². The summed E-state index contributed by atoms with van der Waals surface area (Å²) in [5.41, 5.74) is 2.04. The standard InChI is InChI=1S/C21H24N4O5S2/c1-14-11-16-12-15(8-9-19(16)25(14)31(2,27)28)21(26)23-17-5-3-6-18(13-17)32(29,30)24-20-7-4-10-22-20/h3,5-6,8-9,12-14H,4,7,10-11H2,1-2H3,(H,22,24)(H,23,26)/t14-/m0/s1. The minimum atomic E-state index is -3.80. The number of benzene rings is 2. The maximum atomic E-state index is 12.8. The zero-order valence-corrected chi connectivity index (χ0v) is 19.3. The lowest BCUT2D eigenvalue weighted by molar-refractivity contribution is 0.102. The van der Waals surface area contributed by atoms with Crippen molar-refractivity contribution in [1.82, 2.24) is 4.72 Å². The second kappa shape index (κ2) is 8.21. The number of nitrogens with one attached hydrogen (secondary N) is 2. The monoisotopic (exact) mass is 476 g/mol. The third-order valence-electron chi connectivity index (χ3n) is 5.38. The topological polar surface area (TPSA) is 125 Å². The predicted molar refractivity (Wildman–Crippen MR) is 123 cm³/mol. The molecule has 0 unspecified atom stereocenters. The van der Waals surface area contributed by atoms with E-state index in [2.05, 4.69) is 15.0 Å². The van der Waals surface area contributed by atoms with E-state index in [-0.39, 0.29) is 10.9 Å². The molecule has 4 rings (SSSR count). The van der Waals surface area contributed by atoms with Gasteiger partial charge in [-0.25, -0.2) is 16.8 Å². The summed E-state index contributed by atoms with van der Waals surface area (Å²) in [5.74, 6) is 0.0240. The van der Waals surface area contributed by atoms with Crippen molar-refractivity contribution in [2.45, 2.75) is 37.1 Å². The molecule has 0 radical (unpaired) electrons. The highest BCUT2D eigenvalue weighted by Crippen LogP contribution is 2.34. The molecule has 32 heavy (non-hydrogen) atoms. The van der Waals surface area contributed by atoms with Gasteiger partial charge in [0.1, 0.15) is 5.84 Å². The van der Waals surface area contributed by atoms with Gasteiger partial charge in [-0.15, -0.1) is 0 Å². The molecule has 2 aromatic carbocycles. The SMILES string of the molecule is C[C@H]1Cc2cc(C(=O)Nc3cccc(S(=O)(=O)NC4=NCCC4)c3)ccc2N1S(C)(=O)=O. The van der Waals surface area contributed by atoms with Crippen molar-refractivity contribution in [2.24, 2.45) is 4.99 Å². The molecule has 11 heteroatoms. The number of carbonyl (C=O) groups is 1. The normalized spacial score (nSPS) is 18.2. The fraction of sp³-hybridized carbons (Fsp3) is 0.333. The second-order valence-corrected chi connectivity index (χ2v) is 11.5. The number of hydrogen-bond acceptors (Lipinski definition) is 6. The summed E-state index contributed by atoms with van der Waals surface area (Å²) in [4.78, 5) is 16.9. The van der Waals surface area contributed by atoms with Crippen molar-refractivity contribution in [3.63, 3.8) is 0 Å². The number of sulfonamides is 2. The first-order chi connectivity index (χ1) is 15.0. The first-order valence-corrected chi connectivity index (χ1v) is 13.5. The van der Waals surface area contributed by atoms with Crippen LogP contribution in [0.3, 0.4) is 0 Å². The Kier molecular flexibility index (Phi) is 5.72. The van der Waals surface area contributed by atoms with Gasteiger partial charge in [0, 0.05) is 30.3 Å². The van der Waals surface area contributed by atoms with Gasteiger partial charge >= 0.3 is 0 Å². The Morgan fingerprint density at radius 1 is 1.12 bits per heavy atom. The van der Waals surface area contributed by atoms with E-state index < -0.39 is 26.0 Å². The van der Waals surface area contributed by atoms with Crippen molar-refractivity contribution in [3.8, 4) is 0 Å². The molecule has 0 saturated carbocycles. The zero-order valence-electron chi connectivity index (χ0n) is 17.7. The first kappa shape index (κ1) is 22.3. The summed E-state index contributed by atoms with van der Waals surface area (Å²) in [7, 11) is -7.21. The first-order valence-electron chi connectivity index (χ1n) is 10.1. The molecule has 1 atom stereocenters.